The van der Waals surface area contributed by atoms with Gasteiger partial charge in [0.2, 0.25) is 0 Å². The van der Waals surface area contributed by atoms with Crippen LogP contribution in [0.4, 0.5) is 34.1 Å². The summed E-state index contributed by atoms with van der Waals surface area (Å²) in [5.74, 6) is 0. The summed E-state index contributed by atoms with van der Waals surface area (Å²) >= 11 is 0. The summed E-state index contributed by atoms with van der Waals surface area (Å²) in [7, 11) is 0. The molecule has 5 nitrogen and oxygen atoms in total. The van der Waals surface area contributed by atoms with Gasteiger partial charge in [-0.3, -0.25) is 0 Å². The highest BCUT2D eigenvalue weighted by Gasteiger charge is 2.23. The molecule has 12 aromatic carbocycles. The van der Waals surface area contributed by atoms with E-state index in [-0.39, 0.29) is 0 Å². The summed E-state index contributed by atoms with van der Waals surface area (Å²) in [4.78, 5) is 4.64. The van der Waals surface area contributed by atoms with E-state index in [9.17, 15) is 0 Å². The Morgan fingerprint density at radius 1 is 0.233 bits per heavy atom. The zero-order valence-electron chi connectivity index (χ0n) is 39.4. The average Bonchev–Trinajstić information content (AvgIpc) is 4.17. The number of benzene rings is 12. The molecule has 0 fully saturated rings. The number of furan rings is 3. The molecule has 342 valence electrons. The SMILES string of the molecule is c1ccc(-c2ccc(N(c3ccc4c(ccc5oc6ccc7cc(N(c8ccc(-c9ccccc9)cc8)c8cccc9c8oc8ccccc89)ccc7c6c54)c3)c3cccc4c3oc3ccccc34)cc2)cc1. The summed E-state index contributed by atoms with van der Waals surface area (Å²) in [5, 5.41) is 11.0. The van der Waals surface area contributed by atoms with Gasteiger partial charge in [0, 0.05) is 55.1 Å². The van der Waals surface area contributed by atoms with Gasteiger partial charge < -0.3 is 23.1 Å². The summed E-state index contributed by atoms with van der Waals surface area (Å²) in [6.07, 6.45) is 0. The second-order valence-electron chi connectivity index (χ2n) is 18.8. The standard InChI is InChI=1S/C68H42N2O3/c1-3-13-43(14-4-1)45-25-31-49(32-26-45)69(59-21-11-19-57-55-17-7-9-23-61(55)72-67(57)59)51-35-37-53-47(41-51)29-39-63-65(53)66-54-38-36-52(42-48(54)30-40-64(66)71-63)70(50-33-27-46(28-34-50)44-15-5-2-6-16-44)60-22-12-20-58-56-18-8-10-24-62(56)73-68(58)60/h1-42H. The van der Waals surface area contributed by atoms with Crippen LogP contribution in [-0.2, 0) is 0 Å². The summed E-state index contributed by atoms with van der Waals surface area (Å²) in [6.45, 7) is 0. The van der Waals surface area contributed by atoms with Crippen molar-refractivity contribution >= 4 is 121 Å². The van der Waals surface area contributed by atoms with Gasteiger partial charge in [-0.15, -0.1) is 0 Å². The number of nitrogens with zero attached hydrogens (tertiary/aromatic N) is 2. The smallest absolute Gasteiger partial charge is 0.159 e. The molecule has 0 aliphatic heterocycles. The lowest BCUT2D eigenvalue weighted by molar-refractivity contribution is 0.668. The molecule has 5 heteroatoms. The van der Waals surface area contributed by atoms with E-state index in [0.29, 0.717) is 0 Å². The van der Waals surface area contributed by atoms with Crippen LogP contribution in [-0.4, -0.2) is 0 Å². The first kappa shape index (κ1) is 41.0. The summed E-state index contributed by atoms with van der Waals surface area (Å²) in [5.41, 5.74) is 15.8. The molecule has 0 spiro atoms. The van der Waals surface area contributed by atoms with E-state index in [1.165, 1.54) is 11.1 Å². The van der Waals surface area contributed by atoms with Crippen molar-refractivity contribution in [3.05, 3.63) is 255 Å². The highest BCUT2D eigenvalue weighted by Crippen LogP contribution is 2.47. The van der Waals surface area contributed by atoms with Crippen LogP contribution in [0.25, 0.3) is 110 Å². The molecule has 0 aliphatic rings. The first-order valence-electron chi connectivity index (χ1n) is 24.7. The molecule has 3 heterocycles. The lowest BCUT2D eigenvalue weighted by Crippen LogP contribution is -2.10. The van der Waals surface area contributed by atoms with Crippen LogP contribution in [0.1, 0.15) is 0 Å². The van der Waals surface area contributed by atoms with Crippen molar-refractivity contribution in [1.82, 2.24) is 0 Å². The Morgan fingerprint density at radius 2 is 0.616 bits per heavy atom. The second kappa shape index (κ2) is 16.4. The topological polar surface area (TPSA) is 45.9 Å². The lowest BCUT2D eigenvalue weighted by atomic mass is 9.98. The molecule has 0 N–H and O–H groups in total. The van der Waals surface area contributed by atoms with Crippen molar-refractivity contribution < 1.29 is 13.3 Å². The molecule has 0 amide bonds. The maximum atomic E-state index is 6.71. The minimum atomic E-state index is 0.843. The third kappa shape index (κ3) is 6.63. The Balaban J connectivity index is 0.885. The van der Waals surface area contributed by atoms with E-state index >= 15 is 0 Å². The van der Waals surface area contributed by atoms with Crippen molar-refractivity contribution in [2.75, 3.05) is 9.80 Å². The van der Waals surface area contributed by atoms with Crippen LogP contribution >= 0.6 is 0 Å². The van der Waals surface area contributed by atoms with Gasteiger partial charge in [-0.25, -0.2) is 0 Å². The van der Waals surface area contributed by atoms with E-state index in [0.717, 1.165) is 133 Å². The van der Waals surface area contributed by atoms with Gasteiger partial charge in [0.25, 0.3) is 0 Å². The Hall–Kier alpha value is -9.84. The van der Waals surface area contributed by atoms with E-state index in [1.54, 1.807) is 0 Å². The normalized spacial score (nSPS) is 11.8. The Morgan fingerprint density at radius 3 is 1.07 bits per heavy atom. The van der Waals surface area contributed by atoms with Gasteiger partial charge in [-0.1, -0.05) is 170 Å². The Kier molecular flexibility index (Phi) is 9.19. The molecular formula is C68H42N2O3. The summed E-state index contributed by atoms with van der Waals surface area (Å²) in [6, 6.07) is 90.3. The molecule has 0 saturated carbocycles. The average molecular weight is 935 g/mol. The van der Waals surface area contributed by atoms with Crippen molar-refractivity contribution in [3.63, 3.8) is 0 Å². The summed E-state index contributed by atoms with van der Waals surface area (Å²) < 4.78 is 20.1. The van der Waals surface area contributed by atoms with Gasteiger partial charge in [-0.05, 0) is 129 Å². The van der Waals surface area contributed by atoms with E-state index in [4.69, 9.17) is 13.3 Å². The lowest BCUT2D eigenvalue weighted by Gasteiger charge is -2.26. The zero-order chi connectivity index (χ0) is 48.0. The van der Waals surface area contributed by atoms with Gasteiger partial charge in [0.1, 0.15) is 22.3 Å². The molecule has 0 bridgehead atoms. The number of hydrogen-bond acceptors (Lipinski definition) is 5. The molecule has 0 saturated heterocycles. The number of anilines is 6. The van der Waals surface area contributed by atoms with Gasteiger partial charge in [0.05, 0.1) is 11.4 Å². The number of rotatable bonds is 8. The second-order valence-corrected chi connectivity index (χ2v) is 18.8. The van der Waals surface area contributed by atoms with Crippen molar-refractivity contribution in [1.29, 1.82) is 0 Å². The third-order valence-electron chi connectivity index (χ3n) is 14.6. The Labute approximate surface area is 419 Å². The van der Waals surface area contributed by atoms with Crippen LogP contribution < -0.4 is 9.80 Å². The first-order chi connectivity index (χ1) is 36.2. The van der Waals surface area contributed by atoms with Gasteiger partial charge in [-0.2, -0.15) is 0 Å². The fourth-order valence-electron chi connectivity index (χ4n) is 11.2. The molecular weight excluding hydrogens is 893 g/mol. The van der Waals surface area contributed by atoms with Crippen molar-refractivity contribution in [2.45, 2.75) is 0 Å². The van der Waals surface area contributed by atoms with Crippen LogP contribution in [0.5, 0.6) is 0 Å². The van der Waals surface area contributed by atoms with Crippen LogP contribution in [0.2, 0.25) is 0 Å². The predicted octanol–water partition coefficient (Wildman–Crippen LogP) is 20.0. The van der Waals surface area contributed by atoms with E-state index < -0.39 is 0 Å². The van der Waals surface area contributed by atoms with Crippen LogP contribution in [0, 0.1) is 0 Å². The van der Waals surface area contributed by atoms with Gasteiger partial charge >= 0.3 is 0 Å². The van der Waals surface area contributed by atoms with Crippen LogP contribution in [0.15, 0.2) is 268 Å². The molecule has 15 rings (SSSR count). The maximum absolute atomic E-state index is 6.71. The molecule has 73 heavy (non-hydrogen) atoms. The van der Waals surface area contributed by atoms with Crippen molar-refractivity contribution in [3.8, 4) is 22.3 Å². The fourth-order valence-corrected chi connectivity index (χ4v) is 11.2. The molecule has 0 unspecified atom stereocenters. The van der Waals surface area contributed by atoms with Crippen LogP contribution in [0.3, 0.4) is 0 Å². The number of para-hydroxylation sites is 4. The van der Waals surface area contributed by atoms with Crippen molar-refractivity contribution in [2.24, 2.45) is 0 Å². The highest BCUT2D eigenvalue weighted by atomic mass is 16.3. The van der Waals surface area contributed by atoms with Gasteiger partial charge in [0.15, 0.2) is 11.2 Å². The third-order valence-corrected chi connectivity index (χ3v) is 14.6. The molecule has 3 aromatic heterocycles. The largest absolute Gasteiger partial charge is 0.456 e. The molecule has 0 aliphatic carbocycles. The fraction of sp³-hybridized carbons (Fsp3) is 0. The minimum absolute atomic E-state index is 0.843. The quantitative estimate of drug-likeness (QED) is 0.152. The van der Waals surface area contributed by atoms with E-state index in [2.05, 4.69) is 240 Å². The predicted molar refractivity (Wildman–Crippen MR) is 304 cm³/mol. The first-order valence-corrected chi connectivity index (χ1v) is 24.7. The number of fused-ring (bicyclic) bond motifs is 13. The zero-order valence-corrected chi connectivity index (χ0v) is 39.4. The minimum Gasteiger partial charge on any atom is -0.456 e. The van der Waals surface area contributed by atoms with E-state index in [1.807, 2.05) is 24.3 Å². The molecule has 0 radical (unpaired) electrons. The molecule has 15 aromatic rings. The number of hydrogen-bond donors (Lipinski definition) is 0. The maximum Gasteiger partial charge on any atom is 0.159 e. The highest BCUT2D eigenvalue weighted by molar-refractivity contribution is 6.27. The molecule has 0 atom stereocenters. The monoisotopic (exact) mass is 934 g/mol. The Bertz CT molecular complexity index is 4310.